The summed E-state index contributed by atoms with van der Waals surface area (Å²) in [7, 11) is 1.66. The predicted molar refractivity (Wildman–Crippen MR) is 86.6 cm³/mol. The van der Waals surface area contributed by atoms with E-state index in [1.165, 1.54) is 0 Å². The van der Waals surface area contributed by atoms with E-state index in [0.29, 0.717) is 5.92 Å². The van der Waals surface area contributed by atoms with Crippen LogP contribution in [0.2, 0.25) is 0 Å². The molecule has 1 aliphatic heterocycles. The molecule has 0 aliphatic carbocycles. The van der Waals surface area contributed by atoms with Crippen LogP contribution >= 0.6 is 0 Å². The summed E-state index contributed by atoms with van der Waals surface area (Å²) in [5.74, 6) is 0.441. The maximum Gasteiger partial charge on any atom is 0.317 e. The Kier molecular flexibility index (Phi) is 4.62. The molecule has 0 amide bonds. The molecule has 0 spiro atoms. The molecule has 1 saturated heterocycles. The predicted octanol–water partition coefficient (Wildman–Crippen LogP) is 2.35. The molecule has 0 unspecified atom stereocenters. The van der Waals surface area contributed by atoms with Crippen LogP contribution < -0.4 is 4.74 Å². The van der Waals surface area contributed by atoms with Gasteiger partial charge in [0, 0.05) is 17.2 Å². The van der Waals surface area contributed by atoms with Crippen molar-refractivity contribution < 1.29 is 14.6 Å². The Bertz CT molecular complexity index is 675. The highest BCUT2D eigenvalue weighted by Crippen LogP contribution is 2.34. The summed E-state index contributed by atoms with van der Waals surface area (Å²) in [6, 6.07) is 7.96. The topological polar surface area (TPSA) is 78.5 Å². The van der Waals surface area contributed by atoms with E-state index in [1.54, 1.807) is 7.11 Å². The summed E-state index contributed by atoms with van der Waals surface area (Å²) in [4.78, 5) is 12.8. The molecule has 2 heterocycles. The highest BCUT2D eigenvalue weighted by molar-refractivity contribution is 5.69. The summed E-state index contributed by atoms with van der Waals surface area (Å²) >= 11 is 0. The minimum absolute atomic E-state index is 0.123. The Balaban J connectivity index is 1.75. The number of H-pyrrole nitrogens is 1. The number of aliphatic carboxylic acids is 1. The van der Waals surface area contributed by atoms with Crippen LogP contribution in [-0.4, -0.2) is 52.9 Å². The van der Waals surface area contributed by atoms with E-state index >= 15 is 0 Å². The number of methoxy groups -OCH3 is 1. The Morgan fingerprint density at radius 2 is 2.22 bits per heavy atom. The van der Waals surface area contributed by atoms with E-state index in [0.717, 1.165) is 48.5 Å². The zero-order valence-electron chi connectivity index (χ0n) is 13.2. The van der Waals surface area contributed by atoms with Gasteiger partial charge in [0.05, 0.1) is 19.9 Å². The number of carboxylic acid groups (broad SMARTS) is 1. The number of hydrogen-bond acceptors (Lipinski definition) is 4. The lowest BCUT2D eigenvalue weighted by atomic mass is 9.89. The van der Waals surface area contributed by atoms with Gasteiger partial charge in [0.25, 0.3) is 0 Å². The van der Waals surface area contributed by atoms with Gasteiger partial charge in [-0.15, -0.1) is 0 Å². The first kappa shape index (κ1) is 15.6. The lowest BCUT2D eigenvalue weighted by molar-refractivity contribution is -0.138. The lowest BCUT2D eigenvalue weighted by Crippen LogP contribution is -2.36. The number of carbonyl (C=O) groups is 1. The fourth-order valence-corrected chi connectivity index (χ4v) is 3.20. The van der Waals surface area contributed by atoms with Crippen molar-refractivity contribution in [3.63, 3.8) is 0 Å². The first-order valence-electron chi connectivity index (χ1n) is 7.79. The number of nitrogens with one attached hydrogen (secondary N) is 1. The van der Waals surface area contributed by atoms with Crippen molar-refractivity contribution in [3.05, 3.63) is 36.2 Å². The number of ether oxygens (including phenoxy) is 1. The highest BCUT2D eigenvalue weighted by Gasteiger charge is 2.25. The van der Waals surface area contributed by atoms with Crippen molar-refractivity contribution in [2.24, 2.45) is 0 Å². The molecule has 0 saturated carbocycles. The van der Waals surface area contributed by atoms with Crippen LogP contribution in [0.25, 0.3) is 11.1 Å². The highest BCUT2D eigenvalue weighted by atomic mass is 16.5. The third kappa shape index (κ3) is 3.53. The molecular formula is C17H21N3O3. The van der Waals surface area contributed by atoms with E-state index in [1.807, 2.05) is 29.3 Å². The van der Waals surface area contributed by atoms with E-state index in [9.17, 15) is 4.79 Å². The second-order valence-corrected chi connectivity index (χ2v) is 5.87. The number of likely N-dealkylation sites (tertiary alicyclic amines) is 1. The average Bonchev–Trinajstić information content (AvgIpc) is 3.05. The minimum Gasteiger partial charge on any atom is -0.497 e. The number of nitrogens with zero attached hydrogens (tertiary/aromatic N) is 2. The molecule has 6 heteroatoms. The van der Waals surface area contributed by atoms with Crippen LogP contribution in [0.15, 0.2) is 30.5 Å². The first-order chi connectivity index (χ1) is 11.2. The standard InChI is InChI=1S/C17H21N3O3/c1-23-14-4-2-3-13(9-14)15-10-18-19-17(15)12-5-7-20(8-6-12)11-16(21)22/h2-4,9-10,12H,5-8,11H2,1H3,(H,18,19)(H,21,22). The van der Waals surface area contributed by atoms with Crippen LogP contribution in [-0.2, 0) is 4.79 Å². The molecule has 0 atom stereocenters. The molecule has 2 N–H and O–H groups in total. The SMILES string of the molecule is COc1cccc(-c2cn[nH]c2C2CCN(CC(=O)O)CC2)c1. The van der Waals surface area contributed by atoms with Gasteiger partial charge in [-0.3, -0.25) is 14.8 Å². The van der Waals surface area contributed by atoms with Gasteiger partial charge in [0.15, 0.2) is 0 Å². The van der Waals surface area contributed by atoms with Crippen molar-refractivity contribution in [3.8, 4) is 16.9 Å². The van der Waals surface area contributed by atoms with Gasteiger partial charge >= 0.3 is 5.97 Å². The average molecular weight is 315 g/mol. The number of carboxylic acids is 1. The molecule has 3 rings (SSSR count). The summed E-state index contributed by atoms with van der Waals surface area (Å²) in [6.45, 7) is 1.72. The molecule has 1 aromatic carbocycles. The number of piperidine rings is 1. The van der Waals surface area contributed by atoms with Crippen molar-refractivity contribution in [2.75, 3.05) is 26.7 Å². The van der Waals surface area contributed by atoms with Crippen molar-refractivity contribution in [1.29, 1.82) is 0 Å². The number of hydrogen-bond donors (Lipinski definition) is 2. The Hall–Kier alpha value is -2.34. The molecular weight excluding hydrogens is 294 g/mol. The van der Waals surface area contributed by atoms with Crippen LogP contribution in [0.5, 0.6) is 5.75 Å². The number of aromatic amines is 1. The number of aromatic nitrogens is 2. The fourth-order valence-electron chi connectivity index (χ4n) is 3.20. The van der Waals surface area contributed by atoms with Crippen molar-refractivity contribution >= 4 is 5.97 Å². The molecule has 0 radical (unpaired) electrons. The molecule has 0 bridgehead atoms. The van der Waals surface area contributed by atoms with Crippen LogP contribution in [0, 0.1) is 0 Å². The summed E-state index contributed by atoms with van der Waals surface area (Å²) in [6.07, 6.45) is 3.73. The van der Waals surface area contributed by atoms with Crippen molar-refractivity contribution in [1.82, 2.24) is 15.1 Å². The molecule has 1 aromatic heterocycles. The first-order valence-corrected chi connectivity index (χ1v) is 7.79. The van der Waals surface area contributed by atoms with Gasteiger partial charge in [-0.2, -0.15) is 5.10 Å². The molecule has 2 aromatic rings. The Morgan fingerprint density at radius 3 is 2.91 bits per heavy atom. The lowest BCUT2D eigenvalue weighted by Gasteiger charge is -2.30. The maximum atomic E-state index is 10.8. The van der Waals surface area contributed by atoms with Gasteiger partial charge in [-0.25, -0.2) is 0 Å². The fraction of sp³-hybridized carbons (Fsp3) is 0.412. The zero-order chi connectivity index (χ0) is 16.2. The normalized spacial score (nSPS) is 16.4. The van der Waals surface area contributed by atoms with E-state index < -0.39 is 5.97 Å². The third-order valence-electron chi connectivity index (χ3n) is 4.40. The van der Waals surface area contributed by atoms with E-state index in [2.05, 4.69) is 16.3 Å². The van der Waals surface area contributed by atoms with Crippen LogP contribution in [0.4, 0.5) is 0 Å². The summed E-state index contributed by atoms with van der Waals surface area (Å²) in [5.41, 5.74) is 3.31. The maximum absolute atomic E-state index is 10.8. The van der Waals surface area contributed by atoms with Gasteiger partial charge < -0.3 is 9.84 Å². The summed E-state index contributed by atoms with van der Waals surface area (Å²) in [5, 5.41) is 16.3. The smallest absolute Gasteiger partial charge is 0.317 e. The minimum atomic E-state index is -0.762. The largest absolute Gasteiger partial charge is 0.497 e. The number of rotatable bonds is 5. The second kappa shape index (κ2) is 6.83. The van der Waals surface area contributed by atoms with Crippen molar-refractivity contribution in [2.45, 2.75) is 18.8 Å². The van der Waals surface area contributed by atoms with E-state index in [-0.39, 0.29) is 6.54 Å². The van der Waals surface area contributed by atoms with Crippen LogP contribution in [0.3, 0.4) is 0 Å². The number of benzene rings is 1. The molecule has 1 aliphatic rings. The Morgan fingerprint density at radius 1 is 1.43 bits per heavy atom. The quantitative estimate of drug-likeness (QED) is 0.885. The zero-order valence-corrected chi connectivity index (χ0v) is 13.2. The van der Waals surface area contributed by atoms with Gasteiger partial charge in [0.2, 0.25) is 0 Å². The third-order valence-corrected chi connectivity index (χ3v) is 4.40. The molecule has 122 valence electrons. The second-order valence-electron chi connectivity index (χ2n) is 5.87. The van der Waals surface area contributed by atoms with Crippen LogP contribution in [0.1, 0.15) is 24.5 Å². The van der Waals surface area contributed by atoms with Gasteiger partial charge in [-0.1, -0.05) is 12.1 Å². The monoisotopic (exact) mass is 315 g/mol. The van der Waals surface area contributed by atoms with E-state index in [4.69, 9.17) is 9.84 Å². The molecule has 1 fully saturated rings. The summed E-state index contributed by atoms with van der Waals surface area (Å²) < 4.78 is 5.30. The van der Waals surface area contributed by atoms with Gasteiger partial charge in [-0.05, 0) is 43.6 Å². The van der Waals surface area contributed by atoms with Gasteiger partial charge in [0.1, 0.15) is 5.75 Å². The Labute approximate surface area is 135 Å². The molecule has 6 nitrogen and oxygen atoms in total. The molecule has 23 heavy (non-hydrogen) atoms.